The zero-order chi connectivity index (χ0) is 11.8. The van der Waals surface area contributed by atoms with Crippen LogP contribution >= 0.6 is 0 Å². The van der Waals surface area contributed by atoms with Gasteiger partial charge in [-0.15, -0.1) is 0 Å². The van der Waals surface area contributed by atoms with Gasteiger partial charge in [0.15, 0.2) is 0 Å². The summed E-state index contributed by atoms with van der Waals surface area (Å²) in [6.45, 7) is 11.6. The fourth-order valence-corrected chi connectivity index (χ4v) is 2.97. The fraction of sp³-hybridized carbons (Fsp3) is 1.00. The largest absolute Gasteiger partial charge is 0.377 e. The molecule has 0 aromatic heterocycles. The topological polar surface area (TPSA) is 30.5 Å². The minimum absolute atomic E-state index is 0.205. The van der Waals surface area contributed by atoms with E-state index in [1.54, 1.807) is 0 Å². The van der Waals surface area contributed by atoms with Crippen LogP contribution in [0.2, 0.25) is 0 Å². The summed E-state index contributed by atoms with van der Waals surface area (Å²) in [5, 5.41) is 3.56. The molecule has 2 saturated heterocycles. The molecule has 2 fully saturated rings. The summed E-state index contributed by atoms with van der Waals surface area (Å²) >= 11 is 0. The van der Waals surface area contributed by atoms with Crippen LogP contribution in [0.15, 0.2) is 0 Å². The molecule has 1 spiro atoms. The van der Waals surface area contributed by atoms with Crippen LogP contribution in [0.1, 0.15) is 40.5 Å². The van der Waals surface area contributed by atoms with Gasteiger partial charge in [0.05, 0.1) is 12.7 Å². The van der Waals surface area contributed by atoms with Crippen molar-refractivity contribution in [2.45, 2.75) is 52.4 Å². The Hall–Kier alpha value is -0.120. The Morgan fingerprint density at radius 1 is 1.31 bits per heavy atom. The number of ether oxygens (including phenoxy) is 2. The van der Waals surface area contributed by atoms with E-state index in [0.29, 0.717) is 18.6 Å². The van der Waals surface area contributed by atoms with Gasteiger partial charge in [0.25, 0.3) is 0 Å². The molecule has 3 heteroatoms. The van der Waals surface area contributed by atoms with Gasteiger partial charge in [-0.25, -0.2) is 0 Å². The second kappa shape index (κ2) is 4.28. The summed E-state index contributed by atoms with van der Waals surface area (Å²) in [4.78, 5) is 0. The third-order valence-electron chi connectivity index (χ3n) is 3.80. The average molecular weight is 227 g/mol. The molecular formula is C13H25NO2. The lowest BCUT2D eigenvalue weighted by Gasteiger charge is -2.52. The highest BCUT2D eigenvalue weighted by molar-refractivity contribution is 4.95. The Labute approximate surface area is 98.9 Å². The van der Waals surface area contributed by atoms with Gasteiger partial charge in [-0.2, -0.15) is 0 Å². The maximum absolute atomic E-state index is 6.36. The predicted octanol–water partition coefficient (Wildman–Crippen LogP) is 2.16. The molecule has 2 atom stereocenters. The number of rotatable bonds is 1. The molecule has 0 aromatic rings. The molecule has 0 bridgehead atoms. The van der Waals surface area contributed by atoms with E-state index in [-0.39, 0.29) is 11.1 Å². The molecule has 0 amide bonds. The maximum Gasteiger partial charge on any atom is 0.143 e. The third kappa shape index (κ3) is 2.27. The van der Waals surface area contributed by atoms with Crippen LogP contribution < -0.4 is 5.32 Å². The molecule has 1 N–H and O–H groups in total. The van der Waals surface area contributed by atoms with Crippen LogP contribution in [-0.4, -0.2) is 31.6 Å². The molecule has 0 aliphatic carbocycles. The van der Waals surface area contributed by atoms with Gasteiger partial charge in [-0.05, 0) is 18.8 Å². The van der Waals surface area contributed by atoms with Gasteiger partial charge in [-0.1, -0.05) is 27.7 Å². The summed E-state index contributed by atoms with van der Waals surface area (Å²) in [6, 6.07) is 0. The predicted molar refractivity (Wildman–Crippen MR) is 64.3 cm³/mol. The molecule has 2 unspecified atom stereocenters. The van der Waals surface area contributed by atoms with Crippen molar-refractivity contribution in [2.24, 2.45) is 11.3 Å². The first-order valence-corrected chi connectivity index (χ1v) is 6.46. The van der Waals surface area contributed by atoms with Crippen molar-refractivity contribution in [1.82, 2.24) is 5.32 Å². The Morgan fingerprint density at radius 3 is 2.62 bits per heavy atom. The molecule has 16 heavy (non-hydrogen) atoms. The van der Waals surface area contributed by atoms with E-state index in [4.69, 9.17) is 9.47 Å². The van der Waals surface area contributed by atoms with Gasteiger partial charge >= 0.3 is 0 Å². The molecule has 2 heterocycles. The van der Waals surface area contributed by atoms with Crippen molar-refractivity contribution in [3.63, 3.8) is 0 Å². The lowest BCUT2D eigenvalue weighted by atomic mass is 9.78. The first-order chi connectivity index (χ1) is 7.45. The minimum atomic E-state index is -0.206. The number of hydrogen-bond donors (Lipinski definition) is 1. The van der Waals surface area contributed by atoms with Crippen molar-refractivity contribution in [2.75, 3.05) is 19.8 Å². The van der Waals surface area contributed by atoms with E-state index in [1.165, 1.54) is 0 Å². The smallest absolute Gasteiger partial charge is 0.143 e. The van der Waals surface area contributed by atoms with Gasteiger partial charge in [-0.3, -0.25) is 5.32 Å². The lowest BCUT2D eigenvalue weighted by Crippen LogP contribution is -2.65. The van der Waals surface area contributed by atoms with Crippen LogP contribution in [0.4, 0.5) is 0 Å². The molecule has 2 aliphatic heterocycles. The minimum Gasteiger partial charge on any atom is -0.377 e. The molecule has 94 valence electrons. The number of nitrogens with one attached hydrogen (secondary N) is 1. The van der Waals surface area contributed by atoms with Crippen LogP contribution in [0.5, 0.6) is 0 Å². The molecule has 0 radical (unpaired) electrons. The van der Waals surface area contributed by atoms with E-state index in [9.17, 15) is 0 Å². The quantitative estimate of drug-likeness (QED) is 0.744. The van der Waals surface area contributed by atoms with Crippen LogP contribution in [0.25, 0.3) is 0 Å². The van der Waals surface area contributed by atoms with Crippen LogP contribution in [0.3, 0.4) is 0 Å². The van der Waals surface area contributed by atoms with E-state index in [1.807, 2.05) is 0 Å². The van der Waals surface area contributed by atoms with Crippen molar-refractivity contribution in [3.05, 3.63) is 0 Å². The van der Waals surface area contributed by atoms with E-state index in [2.05, 4.69) is 33.0 Å². The summed E-state index contributed by atoms with van der Waals surface area (Å²) in [6.07, 6.45) is 2.49. The maximum atomic E-state index is 6.36. The van der Waals surface area contributed by atoms with Gasteiger partial charge in [0, 0.05) is 18.6 Å². The molecule has 2 aliphatic rings. The highest BCUT2D eigenvalue weighted by Gasteiger charge is 2.47. The summed E-state index contributed by atoms with van der Waals surface area (Å²) in [5.74, 6) is 0.552. The molecule has 2 rings (SSSR count). The van der Waals surface area contributed by atoms with Crippen molar-refractivity contribution in [3.8, 4) is 0 Å². The van der Waals surface area contributed by atoms with Crippen LogP contribution in [0, 0.1) is 11.3 Å². The SMILES string of the molecule is CC(C)C1OC2(CCCOC2)NCC1(C)C. The Kier molecular flexibility index (Phi) is 3.30. The summed E-state index contributed by atoms with van der Waals surface area (Å²) < 4.78 is 11.9. The first kappa shape index (κ1) is 12.3. The Balaban J connectivity index is 2.10. The van der Waals surface area contributed by atoms with Gasteiger partial charge < -0.3 is 9.47 Å². The highest BCUT2D eigenvalue weighted by Crippen LogP contribution is 2.38. The zero-order valence-electron chi connectivity index (χ0n) is 11.0. The average Bonchev–Trinajstić information content (AvgIpc) is 2.23. The first-order valence-electron chi connectivity index (χ1n) is 6.46. The van der Waals surface area contributed by atoms with E-state index < -0.39 is 0 Å². The summed E-state index contributed by atoms with van der Waals surface area (Å²) in [5.41, 5.74) is -0.000426. The van der Waals surface area contributed by atoms with Gasteiger partial charge in [0.1, 0.15) is 5.72 Å². The Bertz CT molecular complexity index is 244. The summed E-state index contributed by atoms with van der Waals surface area (Å²) in [7, 11) is 0. The monoisotopic (exact) mass is 227 g/mol. The third-order valence-corrected chi connectivity index (χ3v) is 3.80. The second-order valence-corrected chi connectivity index (χ2v) is 6.28. The highest BCUT2D eigenvalue weighted by atomic mass is 16.6. The number of hydrogen-bond acceptors (Lipinski definition) is 3. The standard InChI is InChI=1S/C13H25NO2/c1-10(2)11-12(3,4)8-14-13(16-11)6-5-7-15-9-13/h10-11,14H,5-9H2,1-4H3. The molecule has 3 nitrogen and oxygen atoms in total. The fourth-order valence-electron chi connectivity index (χ4n) is 2.97. The normalized spacial score (nSPS) is 39.2. The van der Waals surface area contributed by atoms with E-state index in [0.717, 1.165) is 26.0 Å². The van der Waals surface area contributed by atoms with Crippen molar-refractivity contribution in [1.29, 1.82) is 0 Å². The van der Waals surface area contributed by atoms with Crippen LogP contribution in [-0.2, 0) is 9.47 Å². The van der Waals surface area contributed by atoms with E-state index >= 15 is 0 Å². The van der Waals surface area contributed by atoms with Crippen molar-refractivity contribution >= 4 is 0 Å². The zero-order valence-corrected chi connectivity index (χ0v) is 11.0. The lowest BCUT2D eigenvalue weighted by molar-refractivity contribution is -0.238. The molecule has 0 saturated carbocycles. The molecular weight excluding hydrogens is 202 g/mol. The van der Waals surface area contributed by atoms with Gasteiger partial charge in [0.2, 0.25) is 0 Å². The van der Waals surface area contributed by atoms with Crippen molar-refractivity contribution < 1.29 is 9.47 Å². The molecule has 0 aromatic carbocycles. The Morgan fingerprint density at radius 2 is 2.06 bits per heavy atom. The second-order valence-electron chi connectivity index (χ2n) is 6.28.